The Morgan fingerprint density at radius 3 is 2.38 bits per heavy atom. The van der Waals surface area contributed by atoms with Gasteiger partial charge in [0.1, 0.15) is 0 Å². The van der Waals surface area contributed by atoms with Crippen molar-refractivity contribution in [1.82, 2.24) is 4.98 Å². The van der Waals surface area contributed by atoms with E-state index >= 15 is 0 Å². The van der Waals surface area contributed by atoms with Gasteiger partial charge in [-0.3, -0.25) is 4.98 Å². The van der Waals surface area contributed by atoms with Gasteiger partial charge in [-0.15, -0.1) is 0 Å². The summed E-state index contributed by atoms with van der Waals surface area (Å²) in [5.41, 5.74) is 4.53. The normalized spacial score (nSPS) is 10.9. The third-order valence-corrected chi connectivity index (χ3v) is 2.36. The maximum atomic E-state index is 4.46. The van der Waals surface area contributed by atoms with Crippen molar-refractivity contribution >= 4 is 12.2 Å². The molecule has 1 heteroatoms. The highest BCUT2D eigenvalue weighted by Gasteiger charge is 1.93. The van der Waals surface area contributed by atoms with Crippen LogP contribution in [0.2, 0.25) is 0 Å². The largest absolute Gasteiger partial charge is 0.254 e. The molecule has 1 nitrogen and oxygen atoms in total. The minimum Gasteiger partial charge on any atom is -0.254 e. The molecule has 1 aromatic carbocycles. The van der Waals surface area contributed by atoms with Crippen LogP contribution >= 0.6 is 0 Å². The Morgan fingerprint density at radius 1 is 0.938 bits per heavy atom. The van der Waals surface area contributed by atoms with Gasteiger partial charge in [-0.1, -0.05) is 36.4 Å². The summed E-state index contributed by atoms with van der Waals surface area (Å²) in [6.07, 6.45) is 4.14. The zero-order valence-corrected chi connectivity index (χ0v) is 9.64. The van der Waals surface area contributed by atoms with Crippen molar-refractivity contribution in [2.24, 2.45) is 0 Å². The van der Waals surface area contributed by atoms with Crippen molar-refractivity contribution in [3.8, 4) is 0 Å². The van der Waals surface area contributed by atoms with Crippen molar-refractivity contribution < 1.29 is 0 Å². The topological polar surface area (TPSA) is 12.9 Å². The zero-order valence-electron chi connectivity index (χ0n) is 9.64. The molecule has 0 aliphatic carbocycles. The number of nitrogens with zero attached hydrogens (tertiary/aromatic N) is 1. The third-order valence-electron chi connectivity index (χ3n) is 2.36. The van der Waals surface area contributed by atoms with Crippen LogP contribution in [0.15, 0.2) is 42.5 Å². The Bertz CT molecular complexity index is 478. The number of aryl methyl sites for hydroxylation is 2. The molecular weight excluding hydrogens is 194 g/mol. The fourth-order valence-corrected chi connectivity index (χ4v) is 1.70. The standard InChI is InChI=1S/C15H15N/c1-12-10-13(2)16-15(11-12)9-8-14-6-4-3-5-7-14/h3-11H,1-2H3. The second-order valence-corrected chi connectivity index (χ2v) is 3.95. The molecule has 0 radical (unpaired) electrons. The molecule has 2 aromatic rings. The van der Waals surface area contributed by atoms with E-state index in [4.69, 9.17) is 0 Å². The SMILES string of the molecule is Cc1cc(C)nc(C=Cc2ccccc2)c1. The summed E-state index contributed by atoms with van der Waals surface area (Å²) in [6, 6.07) is 14.4. The molecule has 0 N–H and O–H groups in total. The minimum absolute atomic E-state index is 1.02. The van der Waals surface area contributed by atoms with Crippen LogP contribution in [0.3, 0.4) is 0 Å². The number of pyridine rings is 1. The molecule has 0 unspecified atom stereocenters. The van der Waals surface area contributed by atoms with Crippen LogP contribution in [-0.2, 0) is 0 Å². The lowest BCUT2D eigenvalue weighted by molar-refractivity contribution is 1.16. The number of benzene rings is 1. The molecule has 1 aromatic heterocycles. The Morgan fingerprint density at radius 2 is 1.69 bits per heavy atom. The summed E-state index contributed by atoms with van der Waals surface area (Å²) in [5, 5.41) is 0. The van der Waals surface area contributed by atoms with E-state index in [0.717, 1.165) is 11.4 Å². The van der Waals surface area contributed by atoms with E-state index in [9.17, 15) is 0 Å². The van der Waals surface area contributed by atoms with Crippen molar-refractivity contribution in [1.29, 1.82) is 0 Å². The predicted molar refractivity (Wildman–Crippen MR) is 69.1 cm³/mol. The van der Waals surface area contributed by atoms with Gasteiger partial charge in [0.15, 0.2) is 0 Å². The van der Waals surface area contributed by atoms with Crippen molar-refractivity contribution in [2.75, 3.05) is 0 Å². The molecule has 0 saturated heterocycles. The summed E-state index contributed by atoms with van der Waals surface area (Å²) in [7, 11) is 0. The molecule has 0 fully saturated rings. The number of hydrogen-bond donors (Lipinski definition) is 0. The second-order valence-electron chi connectivity index (χ2n) is 3.95. The molecular formula is C15H15N. The van der Waals surface area contributed by atoms with Crippen LogP contribution in [-0.4, -0.2) is 4.98 Å². The minimum atomic E-state index is 1.02. The summed E-state index contributed by atoms with van der Waals surface area (Å²) >= 11 is 0. The van der Waals surface area contributed by atoms with Gasteiger partial charge in [-0.25, -0.2) is 0 Å². The van der Waals surface area contributed by atoms with Crippen LogP contribution < -0.4 is 0 Å². The highest BCUT2D eigenvalue weighted by atomic mass is 14.7. The first-order valence-electron chi connectivity index (χ1n) is 5.42. The smallest absolute Gasteiger partial charge is 0.0635 e. The highest BCUT2D eigenvalue weighted by molar-refractivity contribution is 5.68. The average molecular weight is 209 g/mol. The molecule has 0 bridgehead atoms. The molecule has 0 saturated carbocycles. The lowest BCUT2D eigenvalue weighted by Gasteiger charge is -1.99. The van der Waals surface area contributed by atoms with Gasteiger partial charge in [0.2, 0.25) is 0 Å². The van der Waals surface area contributed by atoms with E-state index in [1.54, 1.807) is 0 Å². The molecule has 0 aliphatic rings. The predicted octanol–water partition coefficient (Wildman–Crippen LogP) is 3.87. The quantitative estimate of drug-likeness (QED) is 0.731. The Labute approximate surface area is 96.5 Å². The summed E-state index contributed by atoms with van der Waals surface area (Å²) in [4.78, 5) is 4.46. The molecule has 16 heavy (non-hydrogen) atoms. The number of rotatable bonds is 2. The van der Waals surface area contributed by atoms with Gasteiger partial charge < -0.3 is 0 Å². The van der Waals surface area contributed by atoms with Gasteiger partial charge in [-0.2, -0.15) is 0 Å². The summed E-state index contributed by atoms with van der Waals surface area (Å²) in [5.74, 6) is 0. The van der Waals surface area contributed by atoms with Crippen LogP contribution in [0.1, 0.15) is 22.5 Å². The fourth-order valence-electron chi connectivity index (χ4n) is 1.70. The van der Waals surface area contributed by atoms with E-state index in [0.29, 0.717) is 0 Å². The summed E-state index contributed by atoms with van der Waals surface area (Å²) < 4.78 is 0. The van der Waals surface area contributed by atoms with E-state index in [-0.39, 0.29) is 0 Å². The Balaban J connectivity index is 2.24. The zero-order chi connectivity index (χ0) is 11.4. The second kappa shape index (κ2) is 4.75. The van der Waals surface area contributed by atoms with E-state index < -0.39 is 0 Å². The van der Waals surface area contributed by atoms with Gasteiger partial charge in [0.05, 0.1) is 5.69 Å². The first kappa shape index (κ1) is 10.6. The van der Waals surface area contributed by atoms with Gasteiger partial charge >= 0.3 is 0 Å². The van der Waals surface area contributed by atoms with Crippen LogP contribution in [0.25, 0.3) is 12.2 Å². The lowest BCUT2D eigenvalue weighted by atomic mass is 10.1. The van der Waals surface area contributed by atoms with Crippen molar-refractivity contribution in [2.45, 2.75) is 13.8 Å². The first-order valence-corrected chi connectivity index (χ1v) is 5.42. The molecule has 0 spiro atoms. The van der Waals surface area contributed by atoms with Gasteiger partial charge in [-0.05, 0) is 43.2 Å². The number of aromatic nitrogens is 1. The van der Waals surface area contributed by atoms with E-state index in [2.05, 4.69) is 48.3 Å². The molecule has 0 aliphatic heterocycles. The van der Waals surface area contributed by atoms with Crippen LogP contribution in [0.5, 0.6) is 0 Å². The summed E-state index contributed by atoms with van der Waals surface area (Å²) in [6.45, 7) is 4.11. The monoisotopic (exact) mass is 209 g/mol. The Hall–Kier alpha value is -1.89. The first-order chi connectivity index (χ1) is 7.74. The average Bonchev–Trinajstić information content (AvgIpc) is 2.27. The molecule has 0 atom stereocenters. The van der Waals surface area contributed by atoms with Gasteiger partial charge in [0, 0.05) is 5.69 Å². The van der Waals surface area contributed by atoms with Crippen molar-refractivity contribution in [3.63, 3.8) is 0 Å². The molecule has 2 rings (SSSR count). The molecule has 80 valence electrons. The van der Waals surface area contributed by atoms with Crippen molar-refractivity contribution in [3.05, 3.63) is 65.0 Å². The maximum absolute atomic E-state index is 4.46. The third kappa shape index (κ3) is 2.80. The van der Waals surface area contributed by atoms with Crippen LogP contribution in [0.4, 0.5) is 0 Å². The Kier molecular flexibility index (Phi) is 3.16. The molecule has 1 heterocycles. The number of hydrogen-bond acceptors (Lipinski definition) is 1. The molecule has 0 amide bonds. The fraction of sp³-hybridized carbons (Fsp3) is 0.133. The van der Waals surface area contributed by atoms with E-state index in [1.807, 2.05) is 25.1 Å². The van der Waals surface area contributed by atoms with Gasteiger partial charge in [0.25, 0.3) is 0 Å². The highest BCUT2D eigenvalue weighted by Crippen LogP contribution is 2.09. The lowest BCUT2D eigenvalue weighted by Crippen LogP contribution is -1.86. The van der Waals surface area contributed by atoms with Crippen LogP contribution in [0, 0.1) is 13.8 Å². The maximum Gasteiger partial charge on any atom is 0.0635 e. The van der Waals surface area contributed by atoms with E-state index in [1.165, 1.54) is 11.1 Å².